The molecule has 0 aliphatic carbocycles. The molecule has 1 aromatic heterocycles. The number of alkyl halides is 3. The lowest BCUT2D eigenvalue weighted by molar-refractivity contribution is -0.137. The number of nitrogens with one attached hydrogen (secondary N) is 1. The van der Waals surface area contributed by atoms with Crippen LogP contribution < -0.4 is 5.62 Å². The largest absolute Gasteiger partial charge is 0.416 e. The molecule has 39 heavy (non-hydrogen) atoms. The highest BCUT2D eigenvalue weighted by Gasteiger charge is 2.30. The van der Waals surface area contributed by atoms with Crippen LogP contribution in [0.5, 0.6) is 0 Å². The highest BCUT2D eigenvalue weighted by molar-refractivity contribution is 6.35. The van der Waals surface area contributed by atoms with Crippen molar-refractivity contribution >= 4 is 45.9 Å². The SMILES string of the molecule is CN(CCCn1c(=N)n(CC(=O)c2ccc(Cl)cc2)c2cccc(Cl)c21)C(=O)Cc1ccc(C(F)(F)F)cc1. The lowest BCUT2D eigenvalue weighted by Gasteiger charge is -2.18. The summed E-state index contributed by atoms with van der Waals surface area (Å²) in [7, 11) is 1.62. The minimum Gasteiger partial charge on any atom is -0.345 e. The number of para-hydroxylation sites is 1. The number of Topliss-reactive ketones (excluding diaryl/α,β-unsaturated/α-hetero) is 1. The van der Waals surface area contributed by atoms with Crippen molar-refractivity contribution in [2.24, 2.45) is 0 Å². The summed E-state index contributed by atoms with van der Waals surface area (Å²) in [6.07, 6.45) is -3.96. The first-order valence-electron chi connectivity index (χ1n) is 12.1. The van der Waals surface area contributed by atoms with Crippen LogP contribution in [0, 0.1) is 5.41 Å². The second-order valence-corrected chi connectivity index (χ2v) is 9.98. The van der Waals surface area contributed by atoms with Crippen LogP contribution in [0.2, 0.25) is 10.0 Å². The normalized spacial score (nSPS) is 11.6. The number of nitrogens with zero attached hydrogens (tertiary/aromatic N) is 3. The van der Waals surface area contributed by atoms with Gasteiger partial charge < -0.3 is 14.0 Å². The molecule has 4 aromatic rings. The van der Waals surface area contributed by atoms with E-state index in [0.29, 0.717) is 51.7 Å². The van der Waals surface area contributed by atoms with Gasteiger partial charge in [-0.3, -0.25) is 15.0 Å². The Morgan fingerprint density at radius 2 is 1.62 bits per heavy atom. The predicted molar refractivity (Wildman–Crippen MR) is 144 cm³/mol. The molecule has 0 bridgehead atoms. The van der Waals surface area contributed by atoms with Crippen molar-refractivity contribution in [3.05, 3.63) is 99.1 Å². The summed E-state index contributed by atoms with van der Waals surface area (Å²) in [5.41, 5.74) is 1.56. The number of likely N-dealkylation sites (N-methyl/N-ethyl adjacent to an activating group) is 1. The molecule has 0 radical (unpaired) electrons. The third-order valence-corrected chi connectivity index (χ3v) is 7.00. The van der Waals surface area contributed by atoms with E-state index in [2.05, 4.69) is 0 Å². The molecule has 0 spiro atoms. The van der Waals surface area contributed by atoms with Crippen molar-refractivity contribution < 1.29 is 22.8 Å². The Bertz CT molecular complexity index is 1560. The second-order valence-electron chi connectivity index (χ2n) is 9.14. The number of rotatable bonds is 9. The van der Waals surface area contributed by atoms with Crippen LogP contribution >= 0.6 is 23.2 Å². The predicted octanol–water partition coefficient (Wildman–Crippen LogP) is 6.22. The third-order valence-electron chi connectivity index (χ3n) is 6.44. The van der Waals surface area contributed by atoms with Gasteiger partial charge in [0.1, 0.15) is 0 Å². The second kappa shape index (κ2) is 11.7. The Kier molecular flexibility index (Phi) is 8.51. The monoisotopic (exact) mass is 576 g/mol. The van der Waals surface area contributed by atoms with E-state index < -0.39 is 11.7 Å². The van der Waals surface area contributed by atoms with E-state index in [1.54, 1.807) is 58.6 Å². The smallest absolute Gasteiger partial charge is 0.345 e. The molecule has 0 atom stereocenters. The zero-order chi connectivity index (χ0) is 28.3. The molecule has 3 aromatic carbocycles. The maximum Gasteiger partial charge on any atom is 0.416 e. The number of benzene rings is 3. The average molecular weight is 577 g/mol. The molecule has 4 rings (SSSR count). The number of halogens is 5. The number of aromatic nitrogens is 2. The van der Waals surface area contributed by atoms with E-state index >= 15 is 0 Å². The lowest BCUT2D eigenvalue weighted by atomic mass is 10.1. The standard InChI is InChI=1S/C28H25Cl2F3N4O2/c1-35(25(39)16-18-6-10-20(11-7-18)28(31,32)33)14-3-15-36-26-22(30)4-2-5-23(26)37(27(36)34)17-24(38)19-8-12-21(29)13-9-19/h2,4-13,34H,3,14-17H2,1H3. The number of fused-ring (bicyclic) bond motifs is 1. The summed E-state index contributed by atoms with van der Waals surface area (Å²) in [4.78, 5) is 27.1. The first-order valence-corrected chi connectivity index (χ1v) is 12.8. The van der Waals surface area contributed by atoms with Crippen LogP contribution in [-0.2, 0) is 30.5 Å². The minimum absolute atomic E-state index is 0.0244. The molecule has 0 unspecified atom stereocenters. The topological polar surface area (TPSA) is 71.1 Å². The molecule has 6 nitrogen and oxygen atoms in total. The maximum atomic E-state index is 12.9. The Morgan fingerprint density at radius 3 is 2.26 bits per heavy atom. The lowest BCUT2D eigenvalue weighted by Crippen LogP contribution is -2.31. The molecule has 1 N–H and O–H groups in total. The number of ketones is 1. The van der Waals surface area contributed by atoms with Crippen LogP contribution in [0.1, 0.15) is 27.9 Å². The fourth-order valence-corrected chi connectivity index (χ4v) is 4.71. The number of imidazole rings is 1. The zero-order valence-electron chi connectivity index (χ0n) is 20.9. The molecule has 0 saturated heterocycles. The molecule has 11 heteroatoms. The molecular formula is C28H25Cl2F3N4O2. The fraction of sp³-hybridized carbons (Fsp3) is 0.250. The minimum atomic E-state index is -4.43. The number of hydrogen-bond donors (Lipinski definition) is 1. The Morgan fingerprint density at radius 1 is 0.949 bits per heavy atom. The van der Waals surface area contributed by atoms with Crippen molar-refractivity contribution in [2.45, 2.75) is 32.1 Å². The molecule has 0 aliphatic heterocycles. The molecule has 0 fully saturated rings. The summed E-state index contributed by atoms with van der Waals surface area (Å²) in [5, 5.41) is 9.73. The van der Waals surface area contributed by atoms with Gasteiger partial charge in [-0.05, 0) is 60.5 Å². The van der Waals surface area contributed by atoms with Gasteiger partial charge in [-0.25, -0.2) is 0 Å². The average Bonchev–Trinajstić information content (AvgIpc) is 3.15. The number of aryl methyl sites for hydroxylation is 1. The van der Waals surface area contributed by atoms with Crippen molar-refractivity contribution in [3.63, 3.8) is 0 Å². The van der Waals surface area contributed by atoms with Gasteiger partial charge in [-0.2, -0.15) is 13.2 Å². The quantitative estimate of drug-likeness (QED) is 0.240. The van der Waals surface area contributed by atoms with Gasteiger partial charge in [-0.1, -0.05) is 41.4 Å². The van der Waals surface area contributed by atoms with Gasteiger partial charge in [0.15, 0.2) is 5.78 Å². The summed E-state index contributed by atoms with van der Waals surface area (Å²) < 4.78 is 41.6. The van der Waals surface area contributed by atoms with Crippen molar-refractivity contribution in [2.75, 3.05) is 13.6 Å². The van der Waals surface area contributed by atoms with E-state index in [4.69, 9.17) is 28.6 Å². The highest BCUT2D eigenvalue weighted by Crippen LogP contribution is 2.29. The van der Waals surface area contributed by atoms with Crippen LogP contribution in [-0.4, -0.2) is 39.3 Å². The molecule has 0 saturated carbocycles. The summed E-state index contributed by atoms with van der Waals surface area (Å²) in [6, 6.07) is 16.3. The fourth-order valence-electron chi connectivity index (χ4n) is 4.31. The molecule has 0 aliphatic rings. The molecule has 1 heterocycles. The van der Waals surface area contributed by atoms with Crippen LogP contribution in [0.25, 0.3) is 11.0 Å². The van der Waals surface area contributed by atoms with E-state index in [-0.39, 0.29) is 30.3 Å². The number of carbonyl (C=O) groups excluding carboxylic acids is 2. The first-order chi connectivity index (χ1) is 18.5. The molecule has 1 amide bonds. The van der Waals surface area contributed by atoms with E-state index in [9.17, 15) is 22.8 Å². The summed E-state index contributed by atoms with van der Waals surface area (Å²) >= 11 is 12.4. The van der Waals surface area contributed by atoms with Crippen molar-refractivity contribution in [3.8, 4) is 0 Å². The Balaban J connectivity index is 1.45. The first kappa shape index (κ1) is 28.4. The van der Waals surface area contributed by atoms with Gasteiger partial charge in [0.25, 0.3) is 0 Å². The highest BCUT2D eigenvalue weighted by atomic mass is 35.5. The Labute approximate surface area is 232 Å². The van der Waals surface area contributed by atoms with Crippen molar-refractivity contribution in [1.29, 1.82) is 5.41 Å². The van der Waals surface area contributed by atoms with E-state index in [1.165, 1.54) is 17.0 Å². The van der Waals surface area contributed by atoms with E-state index in [0.717, 1.165) is 12.1 Å². The van der Waals surface area contributed by atoms with Crippen molar-refractivity contribution in [1.82, 2.24) is 14.0 Å². The third kappa shape index (κ3) is 6.54. The van der Waals surface area contributed by atoms with Gasteiger partial charge in [0.05, 0.1) is 34.6 Å². The van der Waals surface area contributed by atoms with Crippen LogP contribution in [0.4, 0.5) is 13.2 Å². The number of carbonyl (C=O) groups is 2. The van der Waals surface area contributed by atoms with Gasteiger partial charge in [0.2, 0.25) is 11.5 Å². The van der Waals surface area contributed by atoms with Gasteiger partial charge in [-0.15, -0.1) is 0 Å². The number of hydrogen-bond acceptors (Lipinski definition) is 3. The number of amides is 1. The molecule has 204 valence electrons. The Hall–Kier alpha value is -3.56. The maximum absolute atomic E-state index is 12.9. The van der Waals surface area contributed by atoms with Gasteiger partial charge in [0, 0.05) is 30.7 Å². The van der Waals surface area contributed by atoms with Gasteiger partial charge >= 0.3 is 6.18 Å². The summed E-state index contributed by atoms with van der Waals surface area (Å²) in [5.74, 6) is -0.419. The van der Waals surface area contributed by atoms with E-state index in [1.807, 2.05) is 0 Å². The van der Waals surface area contributed by atoms with Crippen LogP contribution in [0.15, 0.2) is 66.7 Å². The zero-order valence-corrected chi connectivity index (χ0v) is 22.4. The van der Waals surface area contributed by atoms with Crippen LogP contribution in [0.3, 0.4) is 0 Å². The summed E-state index contributed by atoms with van der Waals surface area (Å²) in [6.45, 7) is 0.654. The molecular weight excluding hydrogens is 552 g/mol.